The molecule has 4 rings (SSSR count). The van der Waals surface area contributed by atoms with Gasteiger partial charge in [0.1, 0.15) is 0 Å². The van der Waals surface area contributed by atoms with Crippen molar-refractivity contribution < 1.29 is 4.79 Å². The third-order valence-electron chi connectivity index (χ3n) is 5.53. The fourth-order valence-corrected chi connectivity index (χ4v) is 3.73. The molecule has 0 radical (unpaired) electrons. The van der Waals surface area contributed by atoms with E-state index in [1.807, 2.05) is 4.90 Å². The topological polar surface area (TPSA) is 64.6 Å². The molecule has 1 amide bonds. The van der Waals surface area contributed by atoms with Gasteiger partial charge in [-0.05, 0) is 50.6 Å². The average Bonchev–Trinajstić information content (AvgIpc) is 2.75. The lowest BCUT2D eigenvalue weighted by Gasteiger charge is -2.32. The zero-order chi connectivity index (χ0) is 19.3. The monoisotopic (exact) mass is 380 g/mol. The highest BCUT2D eigenvalue weighted by atomic mass is 16.2. The van der Waals surface area contributed by atoms with Crippen LogP contribution in [0.4, 0.5) is 17.3 Å². The second-order valence-corrected chi connectivity index (χ2v) is 7.61. The number of rotatable bonds is 4. The number of nitrogens with zero attached hydrogens (tertiary/aromatic N) is 5. The van der Waals surface area contributed by atoms with Gasteiger partial charge in [0.25, 0.3) is 5.91 Å². The van der Waals surface area contributed by atoms with Crippen LogP contribution >= 0.6 is 0 Å². The van der Waals surface area contributed by atoms with Crippen molar-refractivity contribution in [1.82, 2.24) is 19.8 Å². The van der Waals surface area contributed by atoms with Crippen LogP contribution in [0.25, 0.3) is 0 Å². The summed E-state index contributed by atoms with van der Waals surface area (Å²) < 4.78 is 0. The lowest BCUT2D eigenvalue weighted by molar-refractivity contribution is 0.0663. The minimum absolute atomic E-state index is 0.00512. The molecule has 2 aliphatic rings. The van der Waals surface area contributed by atoms with Crippen LogP contribution < -0.4 is 10.2 Å². The number of hydrogen-bond acceptors (Lipinski definition) is 6. The Morgan fingerprint density at radius 2 is 1.54 bits per heavy atom. The van der Waals surface area contributed by atoms with Gasteiger partial charge in [-0.2, -0.15) is 0 Å². The van der Waals surface area contributed by atoms with Crippen LogP contribution in [-0.4, -0.2) is 72.0 Å². The van der Waals surface area contributed by atoms with E-state index in [1.54, 1.807) is 12.4 Å². The Kier molecular flexibility index (Phi) is 5.71. The molecule has 148 valence electrons. The Balaban J connectivity index is 1.35. The molecule has 28 heavy (non-hydrogen) atoms. The number of amides is 1. The van der Waals surface area contributed by atoms with Crippen molar-refractivity contribution in [3.8, 4) is 0 Å². The maximum Gasteiger partial charge on any atom is 0.257 e. The summed E-state index contributed by atoms with van der Waals surface area (Å²) in [5, 5.41) is 3.21. The van der Waals surface area contributed by atoms with Crippen molar-refractivity contribution in [3.05, 3.63) is 42.2 Å². The van der Waals surface area contributed by atoms with E-state index in [1.165, 1.54) is 24.9 Å². The Morgan fingerprint density at radius 1 is 0.893 bits per heavy atom. The van der Waals surface area contributed by atoms with Gasteiger partial charge >= 0.3 is 0 Å². The molecule has 3 heterocycles. The standard InChI is InChI=1S/C21H28N6O/c1-25-11-13-27(14-12-25)20(28)17-15-22-21(23-16-17)24-18-5-7-19(8-6-18)26-9-3-2-4-10-26/h5-8,15-16H,2-4,9-14H2,1H3,(H,22,23,24). The third-order valence-corrected chi connectivity index (χ3v) is 5.53. The Morgan fingerprint density at radius 3 is 2.18 bits per heavy atom. The fraction of sp³-hybridized carbons (Fsp3) is 0.476. The average molecular weight is 380 g/mol. The summed E-state index contributed by atoms with van der Waals surface area (Å²) in [5.74, 6) is 0.506. The van der Waals surface area contributed by atoms with Crippen LogP contribution in [-0.2, 0) is 0 Å². The molecule has 1 N–H and O–H groups in total. The second-order valence-electron chi connectivity index (χ2n) is 7.61. The van der Waals surface area contributed by atoms with E-state index in [0.717, 1.165) is 45.0 Å². The first-order chi connectivity index (χ1) is 13.7. The highest BCUT2D eigenvalue weighted by molar-refractivity contribution is 5.93. The highest BCUT2D eigenvalue weighted by Gasteiger charge is 2.20. The van der Waals surface area contributed by atoms with Gasteiger partial charge in [-0.1, -0.05) is 0 Å². The van der Waals surface area contributed by atoms with E-state index in [9.17, 15) is 4.79 Å². The molecule has 1 aromatic heterocycles. The SMILES string of the molecule is CN1CCN(C(=O)c2cnc(Nc3ccc(N4CCCCC4)cc3)nc2)CC1. The normalized spacial score (nSPS) is 18.2. The van der Waals surface area contributed by atoms with Gasteiger partial charge < -0.3 is 20.0 Å². The Hall–Kier alpha value is -2.67. The predicted octanol–water partition coefficient (Wildman–Crippen LogP) is 2.60. The molecule has 2 aromatic rings. The lowest BCUT2D eigenvalue weighted by atomic mass is 10.1. The van der Waals surface area contributed by atoms with E-state index in [0.29, 0.717) is 11.5 Å². The van der Waals surface area contributed by atoms with Gasteiger partial charge in [0.15, 0.2) is 0 Å². The second kappa shape index (κ2) is 8.56. The van der Waals surface area contributed by atoms with Crippen LogP contribution in [0.5, 0.6) is 0 Å². The molecule has 0 atom stereocenters. The fourth-order valence-electron chi connectivity index (χ4n) is 3.73. The summed E-state index contributed by atoms with van der Waals surface area (Å²) in [6, 6.07) is 8.38. The molecule has 7 nitrogen and oxygen atoms in total. The van der Waals surface area contributed by atoms with E-state index in [2.05, 4.69) is 56.4 Å². The maximum atomic E-state index is 12.6. The molecule has 2 saturated heterocycles. The van der Waals surface area contributed by atoms with Crippen molar-refractivity contribution in [2.75, 3.05) is 56.5 Å². The molecule has 0 saturated carbocycles. The number of aromatic nitrogens is 2. The number of likely N-dealkylation sites (N-methyl/N-ethyl adjacent to an activating group) is 1. The number of piperazine rings is 1. The minimum Gasteiger partial charge on any atom is -0.372 e. The molecule has 7 heteroatoms. The summed E-state index contributed by atoms with van der Waals surface area (Å²) in [5.41, 5.74) is 2.74. The summed E-state index contributed by atoms with van der Waals surface area (Å²) in [7, 11) is 2.07. The van der Waals surface area contributed by atoms with Crippen LogP contribution in [0.3, 0.4) is 0 Å². The van der Waals surface area contributed by atoms with Gasteiger partial charge in [-0.3, -0.25) is 4.79 Å². The molecule has 2 aliphatic heterocycles. The molecule has 0 aliphatic carbocycles. The van der Waals surface area contributed by atoms with Crippen molar-refractivity contribution in [2.45, 2.75) is 19.3 Å². The molecular weight excluding hydrogens is 352 g/mol. The summed E-state index contributed by atoms with van der Waals surface area (Å²) in [4.78, 5) is 27.7. The molecular formula is C21H28N6O. The molecule has 1 aromatic carbocycles. The number of carbonyl (C=O) groups excluding carboxylic acids is 1. The smallest absolute Gasteiger partial charge is 0.257 e. The van der Waals surface area contributed by atoms with Gasteiger partial charge in [-0.25, -0.2) is 9.97 Å². The maximum absolute atomic E-state index is 12.6. The van der Waals surface area contributed by atoms with Gasteiger partial charge in [0.05, 0.1) is 5.56 Å². The zero-order valence-corrected chi connectivity index (χ0v) is 16.5. The van der Waals surface area contributed by atoms with Crippen LogP contribution in [0.2, 0.25) is 0 Å². The van der Waals surface area contributed by atoms with Crippen molar-refractivity contribution in [2.24, 2.45) is 0 Å². The first-order valence-electron chi connectivity index (χ1n) is 10.1. The molecule has 0 bridgehead atoms. The van der Waals surface area contributed by atoms with Crippen LogP contribution in [0, 0.1) is 0 Å². The molecule has 2 fully saturated rings. The predicted molar refractivity (Wildman–Crippen MR) is 111 cm³/mol. The van der Waals surface area contributed by atoms with Gasteiger partial charge in [0, 0.05) is 63.0 Å². The first-order valence-corrected chi connectivity index (χ1v) is 10.1. The molecule has 0 spiro atoms. The van der Waals surface area contributed by atoms with E-state index in [-0.39, 0.29) is 5.91 Å². The van der Waals surface area contributed by atoms with Crippen molar-refractivity contribution in [1.29, 1.82) is 0 Å². The Bertz CT molecular complexity index is 778. The number of hydrogen-bond donors (Lipinski definition) is 1. The van der Waals surface area contributed by atoms with Gasteiger partial charge in [0.2, 0.25) is 5.95 Å². The zero-order valence-electron chi connectivity index (χ0n) is 16.5. The number of piperidine rings is 1. The minimum atomic E-state index is 0.00512. The third kappa shape index (κ3) is 4.42. The number of nitrogens with one attached hydrogen (secondary N) is 1. The van der Waals surface area contributed by atoms with Crippen LogP contribution in [0.1, 0.15) is 29.6 Å². The Labute approximate surface area is 166 Å². The quantitative estimate of drug-likeness (QED) is 0.880. The molecule has 0 unspecified atom stereocenters. The van der Waals surface area contributed by atoms with Crippen LogP contribution in [0.15, 0.2) is 36.7 Å². The number of anilines is 3. The van der Waals surface area contributed by atoms with E-state index in [4.69, 9.17) is 0 Å². The highest BCUT2D eigenvalue weighted by Crippen LogP contribution is 2.23. The summed E-state index contributed by atoms with van der Waals surface area (Å²) >= 11 is 0. The van der Waals surface area contributed by atoms with Crippen molar-refractivity contribution in [3.63, 3.8) is 0 Å². The number of benzene rings is 1. The lowest BCUT2D eigenvalue weighted by Crippen LogP contribution is -2.47. The summed E-state index contributed by atoms with van der Waals surface area (Å²) in [6.07, 6.45) is 7.09. The van der Waals surface area contributed by atoms with Crippen molar-refractivity contribution >= 4 is 23.2 Å². The first kappa shape index (κ1) is 18.7. The van der Waals surface area contributed by atoms with E-state index >= 15 is 0 Å². The summed E-state index contributed by atoms with van der Waals surface area (Å²) in [6.45, 7) is 5.58. The van der Waals surface area contributed by atoms with Gasteiger partial charge in [-0.15, -0.1) is 0 Å². The number of carbonyl (C=O) groups is 1. The largest absolute Gasteiger partial charge is 0.372 e. The van der Waals surface area contributed by atoms with E-state index < -0.39 is 0 Å².